The molecule has 1 atom stereocenters. The highest BCUT2D eigenvalue weighted by atomic mass is 32.1. The van der Waals surface area contributed by atoms with E-state index in [2.05, 4.69) is 29.2 Å². The van der Waals surface area contributed by atoms with E-state index in [1.165, 1.54) is 10.4 Å². The monoisotopic (exact) mass is 212 g/mol. The minimum absolute atomic E-state index is 0.0862. The van der Waals surface area contributed by atoms with Crippen molar-refractivity contribution in [2.24, 2.45) is 0 Å². The number of hydroxylamine groups is 1. The number of hydrogen-bond donors (Lipinski definition) is 2. The van der Waals surface area contributed by atoms with Crippen molar-refractivity contribution in [3.05, 3.63) is 21.9 Å². The lowest BCUT2D eigenvalue weighted by Crippen LogP contribution is -2.37. The zero-order valence-corrected chi connectivity index (χ0v) is 8.69. The number of amides is 1. The molecule has 1 aromatic heterocycles. The molecule has 0 radical (unpaired) electrons. The molecule has 76 valence electrons. The van der Waals surface area contributed by atoms with Gasteiger partial charge in [-0.25, -0.2) is 5.48 Å². The van der Waals surface area contributed by atoms with Crippen LogP contribution in [0, 0.1) is 6.92 Å². The highest BCUT2D eigenvalue weighted by molar-refractivity contribution is 7.10. The molecule has 1 unspecified atom stereocenters. The fraction of sp³-hybridized carbons (Fsp3) is 0.444. The number of carbonyl (C=O) groups is 1. The number of hydrogen-bond acceptors (Lipinski definition) is 4. The fourth-order valence-electron chi connectivity index (χ4n) is 1.33. The first-order valence-corrected chi connectivity index (χ1v) is 5.33. The second kappa shape index (κ2) is 4.08. The van der Waals surface area contributed by atoms with E-state index in [1.54, 1.807) is 11.3 Å². The van der Waals surface area contributed by atoms with Crippen LogP contribution >= 0.6 is 11.3 Å². The van der Waals surface area contributed by atoms with Crippen molar-refractivity contribution in [2.45, 2.75) is 19.5 Å². The lowest BCUT2D eigenvalue weighted by atomic mass is 10.2. The Kier molecular flexibility index (Phi) is 2.81. The normalized spacial score (nSPS) is 21.2. The van der Waals surface area contributed by atoms with E-state index in [-0.39, 0.29) is 11.9 Å². The van der Waals surface area contributed by atoms with Crippen molar-refractivity contribution in [3.63, 3.8) is 0 Å². The van der Waals surface area contributed by atoms with Gasteiger partial charge in [0, 0.05) is 11.4 Å². The number of carbonyl (C=O) groups excluding carboxylic acids is 1. The summed E-state index contributed by atoms with van der Waals surface area (Å²) in [4.78, 5) is 17.2. The van der Waals surface area contributed by atoms with Crippen LogP contribution in [-0.2, 0) is 16.2 Å². The summed E-state index contributed by atoms with van der Waals surface area (Å²) in [6, 6.07) is 1.90. The molecule has 0 bridgehead atoms. The van der Waals surface area contributed by atoms with E-state index in [9.17, 15) is 4.79 Å². The van der Waals surface area contributed by atoms with E-state index in [0.717, 1.165) is 0 Å². The summed E-state index contributed by atoms with van der Waals surface area (Å²) in [5.41, 5.74) is 3.53. The lowest BCUT2D eigenvalue weighted by molar-refractivity contribution is -0.125. The molecular weight excluding hydrogens is 200 g/mol. The van der Waals surface area contributed by atoms with Crippen LogP contribution in [0.1, 0.15) is 10.4 Å². The van der Waals surface area contributed by atoms with Crippen LogP contribution in [0.15, 0.2) is 11.4 Å². The number of nitrogens with one attached hydrogen (secondary N) is 2. The van der Waals surface area contributed by atoms with Crippen LogP contribution in [0.3, 0.4) is 0 Å². The predicted molar refractivity (Wildman–Crippen MR) is 53.8 cm³/mol. The quantitative estimate of drug-likeness (QED) is 0.770. The average Bonchev–Trinajstić information content (AvgIpc) is 2.72. The topological polar surface area (TPSA) is 50.4 Å². The molecule has 1 fully saturated rings. The van der Waals surface area contributed by atoms with Crippen molar-refractivity contribution >= 4 is 17.2 Å². The van der Waals surface area contributed by atoms with Gasteiger partial charge in [0.1, 0.15) is 6.04 Å². The molecule has 0 saturated carbocycles. The molecule has 0 spiro atoms. The molecule has 0 aromatic carbocycles. The molecule has 5 heteroatoms. The minimum atomic E-state index is -0.213. The summed E-state index contributed by atoms with van der Waals surface area (Å²) in [6.07, 6.45) is 0. The second-order valence-corrected chi connectivity index (χ2v) is 4.39. The van der Waals surface area contributed by atoms with Gasteiger partial charge in [0.2, 0.25) is 0 Å². The van der Waals surface area contributed by atoms with Crippen molar-refractivity contribution in [3.8, 4) is 0 Å². The van der Waals surface area contributed by atoms with Gasteiger partial charge >= 0.3 is 0 Å². The van der Waals surface area contributed by atoms with Gasteiger partial charge in [0.15, 0.2) is 0 Å². The predicted octanol–water partition coefficient (Wildman–Crippen LogP) is 0.576. The van der Waals surface area contributed by atoms with Gasteiger partial charge in [-0.2, -0.15) is 0 Å². The van der Waals surface area contributed by atoms with Crippen LogP contribution in [0.4, 0.5) is 0 Å². The Morgan fingerprint density at radius 3 is 3.21 bits per heavy atom. The number of rotatable bonds is 3. The molecule has 2 N–H and O–H groups in total. The van der Waals surface area contributed by atoms with Gasteiger partial charge in [0.05, 0.1) is 6.61 Å². The molecule has 4 nitrogen and oxygen atoms in total. The van der Waals surface area contributed by atoms with Gasteiger partial charge in [-0.05, 0) is 23.9 Å². The van der Waals surface area contributed by atoms with Crippen LogP contribution in [0.2, 0.25) is 0 Å². The first-order valence-electron chi connectivity index (χ1n) is 4.45. The summed E-state index contributed by atoms with van der Waals surface area (Å²) in [5.74, 6) is -0.0862. The van der Waals surface area contributed by atoms with Crippen molar-refractivity contribution in [1.29, 1.82) is 0 Å². The third-order valence-electron chi connectivity index (χ3n) is 2.08. The third-order valence-corrected chi connectivity index (χ3v) is 2.99. The molecule has 2 rings (SSSR count). The molecule has 1 amide bonds. The molecular formula is C9H12N2O2S. The average molecular weight is 212 g/mol. The maximum atomic E-state index is 11.1. The Morgan fingerprint density at radius 2 is 2.64 bits per heavy atom. The van der Waals surface area contributed by atoms with E-state index < -0.39 is 0 Å². The van der Waals surface area contributed by atoms with Crippen LogP contribution < -0.4 is 10.8 Å². The largest absolute Gasteiger partial charge is 0.300 e. The van der Waals surface area contributed by atoms with Crippen LogP contribution in [0.5, 0.6) is 0 Å². The Labute approximate surface area is 86.2 Å². The van der Waals surface area contributed by atoms with Crippen molar-refractivity contribution in [2.75, 3.05) is 6.61 Å². The smallest absolute Gasteiger partial charge is 0.263 e. The van der Waals surface area contributed by atoms with Crippen molar-refractivity contribution in [1.82, 2.24) is 10.8 Å². The molecule has 1 aromatic rings. The maximum absolute atomic E-state index is 11.1. The summed E-state index contributed by atoms with van der Waals surface area (Å²) >= 11 is 1.72. The van der Waals surface area contributed by atoms with Gasteiger partial charge in [-0.3, -0.25) is 14.9 Å². The highest BCUT2D eigenvalue weighted by Crippen LogP contribution is 2.12. The third kappa shape index (κ3) is 2.12. The van der Waals surface area contributed by atoms with Crippen LogP contribution in [-0.4, -0.2) is 18.6 Å². The molecule has 0 aliphatic carbocycles. The first-order chi connectivity index (χ1) is 6.75. The second-order valence-electron chi connectivity index (χ2n) is 3.28. The summed E-state index contributed by atoms with van der Waals surface area (Å²) < 4.78 is 0. The molecule has 1 aliphatic heterocycles. The Bertz CT molecular complexity index is 337. The standard InChI is InChI=1S/C9H12N2O2S/c1-6-2-7(5-14-6)3-10-8-4-13-11-9(8)12/h2,5,8,10H,3-4H2,1H3,(H,11,12). The van der Waals surface area contributed by atoms with Gasteiger partial charge in [-0.15, -0.1) is 11.3 Å². The SMILES string of the molecule is Cc1cc(CNC2CONC2=O)cs1. The van der Waals surface area contributed by atoms with Gasteiger partial charge in [-0.1, -0.05) is 0 Å². The van der Waals surface area contributed by atoms with E-state index >= 15 is 0 Å². The summed E-state index contributed by atoms with van der Waals surface area (Å²) in [6.45, 7) is 3.19. The minimum Gasteiger partial charge on any atom is -0.300 e. The number of aryl methyl sites for hydroxylation is 1. The molecule has 2 heterocycles. The van der Waals surface area contributed by atoms with E-state index in [1.807, 2.05) is 0 Å². The molecule has 1 saturated heterocycles. The first kappa shape index (κ1) is 9.64. The summed E-state index contributed by atoms with van der Waals surface area (Å²) in [5, 5.41) is 5.22. The Balaban J connectivity index is 1.85. The number of thiophene rings is 1. The lowest BCUT2D eigenvalue weighted by Gasteiger charge is -2.05. The zero-order valence-electron chi connectivity index (χ0n) is 7.87. The zero-order chi connectivity index (χ0) is 9.97. The van der Waals surface area contributed by atoms with Gasteiger partial charge in [0.25, 0.3) is 5.91 Å². The van der Waals surface area contributed by atoms with E-state index in [4.69, 9.17) is 4.84 Å². The molecule has 1 aliphatic rings. The Morgan fingerprint density at radius 1 is 1.79 bits per heavy atom. The van der Waals surface area contributed by atoms with Crippen molar-refractivity contribution < 1.29 is 9.63 Å². The van der Waals surface area contributed by atoms with Gasteiger partial charge < -0.3 is 0 Å². The Hall–Kier alpha value is -0.910. The molecule has 14 heavy (non-hydrogen) atoms. The summed E-state index contributed by atoms with van der Waals surface area (Å²) in [7, 11) is 0. The highest BCUT2D eigenvalue weighted by Gasteiger charge is 2.24. The van der Waals surface area contributed by atoms with Crippen LogP contribution in [0.25, 0.3) is 0 Å². The maximum Gasteiger partial charge on any atom is 0.263 e. The van der Waals surface area contributed by atoms with E-state index in [0.29, 0.717) is 13.2 Å². The fourth-order valence-corrected chi connectivity index (χ4v) is 2.03.